The molecule has 0 atom stereocenters. The van der Waals surface area contributed by atoms with Gasteiger partial charge in [-0.25, -0.2) is 14.2 Å². The van der Waals surface area contributed by atoms with Gasteiger partial charge in [0.2, 0.25) is 5.88 Å². The Bertz CT molecular complexity index is 1350. The van der Waals surface area contributed by atoms with Gasteiger partial charge >= 0.3 is 5.97 Å². The molecule has 8 nitrogen and oxygen atoms in total. The molecule has 37 heavy (non-hydrogen) atoms. The van der Waals surface area contributed by atoms with E-state index in [0.29, 0.717) is 43.3 Å². The number of aromatic nitrogens is 4. The van der Waals surface area contributed by atoms with Crippen molar-refractivity contribution in [1.82, 2.24) is 19.1 Å². The van der Waals surface area contributed by atoms with Crippen LogP contribution in [-0.4, -0.2) is 38.3 Å². The predicted molar refractivity (Wildman–Crippen MR) is 143 cm³/mol. The quantitative estimate of drug-likeness (QED) is 0.421. The molecular formula is C29H38N4O4. The Hall–Kier alpha value is -3.13. The van der Waals surface area contributed by atoms with Gasteiger partial charge in [0, 0.05) is 6.54 Å². The molecule has 0 fully saturated rings. The number of rotatable bonds is 8. The van der Waals surface area contributed by atoms with Gasteiger partial charge in [-0.05, 0) is 62.1 Å². The van der Waals surface area contributed by atoms with Crippen molar-refractivity contribution in [2.24, 2.45) is 0 Å². The highest BCUT2D eigenvalue weighted by Crippen LogP contribution is 2.36. The molecule has 4 heterocycles. The van der Waals surface area contributed by atoms with Crippen molar-refractivity contribution in [3.8, 4) is 17.0 Å². The molecule has 0 spiro atoms. The van der Waals surface area contributed by atoms with E-state index in [1.807, 2.05) is 9.36 Å². The van der Waals surface area contributed by atoms with Crippen LogP contribution >= 0.6 is 0 Å². The lowest BCUT2D eigenvalue weighted by Crippen LogP contribution is -2.24. The van der Waals surface area contributed by atoms with E-state index in [-0.39, 0.29) is 5.56 Å². The lowest BCUT2D eigenvalue weighted by molar-refractivity contribution is 0.0712. The van der Waals surface area contributed by atoms with Crippen LogP contribution in [-0.2, 0) is 50.1 Å². The van der Waals surface area contributed by atoms with Crippen molar-refractivity contribution in [2.75, 3.05) is 13.2 Å². The van der Waals surface area contributed by atoms with Crippen molar-refractivity contribution in [2.45, 2.75) is 92.3 Å². The zero-order chi connectivity index (χ0) is 26.1. The highest BCUT2D eigenvalue weighted by atomic mass is 16.5. The van der Waals surface area contributed by atoms with Crippen LogP contribution in [0.25, 0.3) is 11.1 Å². The van der Waals surface area contributed by atoms with E-state index in [2.05, 4.69) is 39.8 Å². The molecule has 2 aliphatic rings. The van der Waals surface area contributed by atoms with Gasteiger partial charge in [0.1, 0.15) is 11.1 Å². The van der Waals surface area contributed by atoms with Gasteiger partial charge in [0.25, 0.3) is 5.56 Å². The van der Waals surface area contributed by atoms with Gasteiger partial charge < -0.3 is 9.47 Å². The zero-order valence-electron chi connectivity index (χ0n) is 22.6. The Labute approximate surface area is 218 Å². The Kier molecular flexibility index (Phi) is 7.38. The summed E-state index contributed by atoms with van der Waals surface area (Å²) in [6, 6.07) is 4.29. The van der Waals surface area contributed by atoms with Crippen LogP contribution in [0.4, 0.5) is 0 Å². The summed E-state index contributed by atoms with van der Waals surface area (Å²) in [6.45, 7) is 11.0. The minimum atomic E-state index is -0.412. The molecular weight excluding hydrogens is 468 g/mol. The molecule has 2 aliphatic heterocycles. The van der Waals surface area contributed by atoms with Gasteiger partial charge in [0.15, 0.2) is 0 Å². The number of nitrogens with zero attached hydrogens (tertiary/aromatic N) is 4. The third-order valence-corrected chi connectivity index (χ3v) is 7.61. The number of hydrogen-bond acceptors (Lipinski definition) is 5. The Morgan fingerprint density at radius 3 is 2.41 bits per heavy atom. The van der Waals surface area contributed by atoms with E-state index in [4.69, 9.17) is 14.6 Å². The van der Waals surface area contributed by atoms with Gasteiger partial charge in [0.05, 0.1) is 37.7 Å². The second kappa shape index (κ2) is 10.7. The number of carbonyl (C=O) groups excluding carboxylic acids is 1. The Balaban J connectivity index is 1.68. The largest absolute Gasteiger partial charge is 0.403 e. The molecule has 0 aliphatic carbocycles. The van der Waals surface area contributed by atoms with Crippen molar-refractivity contribution >= 4 is 5.97 Å². The van der Waals surface area contributed by atoms with Crippen molar-refractivity contribution in [3.63, 3.8) is 0 Å². The fourth-order valence-electron chi connectivity index (χ4n) is 5.84. The molecule has 3 aromatic rings. The highest BCUT2D eigenvalue weighted by Gasteiger charge is 2.32. The Morgan fingerprint density at radius 2 is 1.73 bits per heavy atom. The normalized spacial score (nSPS) is 14.9. The number of aryl methyl sites for hydroxylation is 5. The molecule has 1 aromatic carbocycles. The molecule has 0 unspecified atom stereocenters. The van der Waals surface area contributed by atoms with Gasteiger partial charge in [-0.2, -0.15) is 5.10 Å². The Morgan fingerprint density at radius 1 is 1.03 bits per heavy atom. The summed E-state index contributed by atoms with van der Waals surface area (Å²) in [6.07, 6.45) is 6.08. The maximum Gasteiger partial charge on any atom is 0.348 e. The van der Waals surface area contributed by atoms with E-state index in [0.717, 1.165) is 79.6 Å². The first-order valence-corrected chi connectivity index (χ1v) is 13.8. The number of esters is 1. The molecule has 0 amide bonds. The summed E-state index contributed by atoms with van der Waals surface area (Å²) in [4.78, 5) is 27.9. The van der Waals surface area contributed by atoms with Crippen molar-refractivity contribution in [3.05, 3.63) is 56.1 Å². The van der Waals surface area contributed by atoms with Crippen LogP contribution in [0.2, 0.25) is 0 Å². The third-order valence-electron chi connectivity index (χ3n) is 7.61. The van der Waals surface area contributed by atoms with Gasteiger partial charge in [-0.15, -0.1) is 0 Å². The molecule has 8 heteroatoms. The maximum absolute atomic E-state index is 14.0. The number of unbranched alkanes of at least 4 members (excludes halogenated alkanes) is 1. The molecule has 0 bridgehead atoms. The molecule has 5 rings (SSSR count). The average Bonchev–Trinajstić information content (AvgIpc) is 3.47. The van der Waals surface area contributed by atoms with Crippen LogP contribution in [0.3, 0.4) is 0 Å². The summed E-state index contributed by atoms with van der Waals surface area (Å²) >= 11 is 0. The van der Waals surface area contributed by atoms with E-state index in [9.17, 15) is 9.59 Å². The summed E-state index contributed by atoms with van der Waals surface area (Å²) in [5.41, 5.74) is 6.98. The van der Waals surface area contributed by atoms with Gasteiger partial charge in [-0.1, -0.05) is 44.9 Å². The minimum absolute atomic E-state index is 0.131. The van der Waals surface area contributed by atoms with E-state index < -0.39 is 5.97 Å². The predicted octanol–water partition coefficient (Wildman–Crippen LogP) is 4.48. The fourth-order valence-corrected chi connectivity index (χ4v) is 5.84. The molecule has 2 aromatic heterocycles. The number of carbonyl (C=O) groups is 1. The second-order valence-electron chi connectivity index (χ2n) is 10.1. The molecule has 0 saturated carbocycles. The minimum Gasteiger partial charge on any atom is -0.403 e. The molecule has 198 valence electrons. The van der Waals surface area contributed by atoms with E-state index >= 15 is 0 Å². The third kappa shape index (κ3) is 4.56. The first-order valence-electron chi connectivity index (χ1n) is 13.8. The number of ether oxygens (including phenoxy) is 2. The average molecular weight is 507 g/mol. The molecule has 0 N–H and O–H groups in total. The first-order chi connectivity index (χ1) is 18.0. The zero-order valence-corrected chi connectivity index (χ0v) is 22.6. The summed E-state index contributed by atoms with van der Waals surface area (Å²) in [7, 11) is 0. The number of hydrogen-bond donors (Lipinski definition) is 0. The SMILES string of the molecule is CCCCc1nn2c(c1C(=O)Oc1c(-c3c(CC)cc(C)cc3CC)c(=O)n3n1CCOCC3)CCC2. The fraction of sp³-hybridized carbons (Fsp3) is 0.552. The van der Waals surface area contributed by atoms with Gasteiger partial charge in [-0.3, -0.25) is 9.48 Å². The number of benzene rings is 1. The smallest absolute Gasteiger partial charge is 0.348 e. The summed E-state index contributed by atoms with van der Waals surface area (Å²) in [5, 5.41) is 4.77. The number of fused-ring (bicyclic) bond motifs is 2. The molecule has 0 saturated heterocycles. The lowest BCUT2D eigenvalue weighted by atomic mass is 9.91. The first kappa shape index (κ1) is 25.5. The van der Waals surface area contributed by atoms with Crippen LogP contribution in [0, 0.1) is 6.92 Å². The topological polar surface area (TPSA) is 80.3 Å². The van der Waals surface area contributed by atoms with Crippen molar-refractivity contribution < 1.29 is 14.3 Å². The summed E-state index contributed by atoms with van der Waals surface area (Å²) in [5.74, 6) is -0.0853. The molecule has 0 radical (unpaired) electrons. The van der Waals surface area contributed by atoms with Crippen LogP contribution in [0.15, 0.2) is 16.9 Å². The standard InChI is InChI=1S/C29H38N4O4/c1-5-8-10-22-25(23-11-9-12-31(23)30-22)29(35)37-28-26(27(34)32-13-15-36-16-14-33(28)32)24-20(6-2)17-19(4)18-21(24)7-3/h17-18H,5-16H2,1-4H3. The maximum atomic E-state index is 14.0. The van der Waals surface area contributed by atoms with Crippen LogP contribution < -0.4 is 10.3 Å². The van der Waals surface area contributed by atoms with Crippen LogP contribution in [0.1, 0.15) is 78.5 Å². The monoisotopic (exact) mass is 506 g/mol. The van der Waals surface area contributed by atoms with E-state index in [1.54, 1.807) is 4.68 Å². The van der Waals surface area contributed by atoms with E-state index in [1.165, 1.54) is 5.56 Å². The highest BCUT2D eigenvalue weighted by molar-refractivity contribution is 5.94. The lowest BCUT2D eigenvalue weighted by Gasteiger charge is -2.16. The summed E-state index contributed by atoms with van der Waals surface area (Å²) < 4.78 is 17.4. The van der Waals surface area contributed by atoms with Crippen LogP contribution in [0.5, 0.6) is 5.88 Å². The second-order valence-corrected chi connectivity index (χ2v) is 10.1. The van der Waals surface area contributed by atoms with Crippen molar-refractivity contribution in [1.29, 1.82) is 0 Å².